The Morgan fingerprint density at radius 2 is 1.81 bits per heavy atom. The highest BCUT2D eigenvalue weighted by Crippen LogP contribution is 2.20. The number of nitrogens with zero attached hydrogens (tertiary/aromatic N) is 1. The molecule has 2 aromatic carbocycles. The summed E-state index contributed by atoms with van der Waals surface area (Å²) in [6, 6.07) is 17.0. The van der Waals surface area contributed by atoms with E-state index in [0.717, 1.165) is 19.5 Å². The van der Waals surface area contributed by atoms with Crippen LogP contribution in [0.1, 0.15) is 23.1 Å². The monoisotopic (exact) mass is 298 g/mol. The Morgan fingerprint density at radius 1 is 1.10 bits per heavy atom. The number of hydrogen-bond acceptors (Lipinski definition) is 2. The lowest BCUT2D eigenvalue weighted by atomic mass is 10.0. The lowest BCUT2D eigenvalue weighted by molar-refractivity contribution is 0.802. The summed E-state index contributed by atoms with van der Waals surface area (Å²) in [6.07, 6.45) is 0.731. The third-order valence-corrected chi connectivity index (χ3v) is 3.82. The quantitative estimate of drug-likeness (QED) is 0.818. The Balaban J connectivity index is 2.23. The molecule has 0 aliphatic rings. The minimum atomic E-state index is 0.567. The molecule has 0 aliphatic carbocycles. The maximum atomic E-state index is 5.67. The van der Waals surface area contributed by atoms with Gasteiger partial charge in [-0.25, -0.2) is 0 Å². The molecule has 0 unspecified atom stereocenters. The molecule has 0 radical (unpaired) electrons. The molecule has 0 aromatic heterocycles. The van der Waals surface area contributed by atoms with Gasteiger partial charge in [0.05, 0.1) is 4.99 Å². The second-order valence-electron chi connectivity index (χ2n) is 5.40. The molecule has 0 aliphatic heterocycles. The van der Waals surface area contributed by atoms with Gasteiger partial charge in [0.15, 0.2) is 0 Å². The fourth-order valence-corrected chi connectivity index (χ4v) is 2.45. The van der Waals surface area contributed by atoms with E-state index in [0.29, 0.717) is 4.99 Å². The number of para-hydroxylation sites is 1. The Kier molecular flexibility index (Phi) is 5.34. The molecule has 0 bridgehead atoms. The molecule has 0 spiro atoms. The van der Waals surface area contributed by atoms with Crippen molar-refractivity contribution in [2.75, 3.05) is 11.4 Å². The minimum absolute atomic E-state index is 0.567. The molecule has 110 valence electrons. The second kappa shape index (κ2) is 7.23. The van der Waals surface area contributed by atoms with Crippen LogP contribution in [0, 0.1) is 13.8 Å². The summed E-state index contributed by atoms with van der Waals surface area (Å²) in [4.78, 5) is 2.90. The Hall–Kier alpha value is -1.87. The minimum Gasteiger partial charge on any atom is -0.393 e. The van der Waals surface area contributed by atoms with Crippen molar-refractivity contribution in [1.29, 1.82) is 0 Å². The second-order valence-corrected chi connectivity index (χ2v) is 5.93. The molecule has 3 heteroatoms. The highest BCUT2D eigenvalue weighted by Gasteiger charge is 2.09. The van der Waals surface area contributed by atoms with E-state index in [1.807, 2.05) is 6.07 Å². The molecule has 2 rings (SSSR count). The van der Waals surface area contributed by atoms with Gasteiger partial charge < -0.3 is 10.6 Å². The summed E-state index contributed by atoms with van der Waals surface area (Å²) in [5, 5.41) is 0. The number of hydrogen-bond donors (Lipinski definition) is 1. The largest absolute Gasteiger partial charge is 0.393 e. The Labute approximate surface area is 132 Å². The smallest absolute Gasteiger partial charge is 0.0745 e. The first kappa shape index (κ1) is 15.5. The zero-order chi connectivity index (χ0) is 15.2. The first-order valence-electron chi connectivity index (χ1n) is 7.20. The Morgan fingerprint density at radius 3 is 2.48 bits per heavy atom. The zero-order valence-corrected chi connectivity index (χ0v) is 13.5. The van der Waals surface area contributed by atoms with E-state index in [2.05, 4.69) is 61.2 Å². The molecule has 0 atom stereocenters. The van der Waals surface area contributed by atoms with Gasteiger partial charge in [-0.2, -0.15) is 0 Å². The average Bonchev–Trinajstić information content (AvgIpc) is 2.47. The SMILES string of the molecule is Cc1ccc(C)c(CN(CCC(N)=S)c2ccccc2)c1. The van der Waals surface area contributed by atoms with Crippen LogP contribution < -0.4 is 10.6 Å². The van der Waals surface area contributed by atoms with E-state index in [4.69, 9.17) is 18.0 Å². The summed E-state index contributed by atoms with van der Waals surface area (Å²) in [5.74, 6) is 0. The van der Waals surface area contributed by atoms with Crippen LogP contribution in [0.3, 0.4) is 0 Å². The summed E-state index contributed by atoms with van der Waals surface area (Å²) < 4.78 is 0. The van der Waals surface area contributed by atoms with Crippen molar-refractivity contribution in [3.8, 4) is 0 Å². The van der Waals surface area contributed by atoms with E-state index >= 15 is 0 Å². The van der Waals surface area contributed by atoms with Gasteiger partial charge >= 0.3 is 0 Å². The van der Waals surface area contributed by atoms with Gasteiger partial charge in [0.2, 0.25) is 0 Å². The summed E-state index contributed by atoms with van der Waals surface area (Å²) in [7, 11) is 0. The van der Waals surface area contributed by atoms with Crippen LogP contribution in [0.25, 0.3) is 0 Å². The summed E-state index contributed by atoms with van der Waals surface area (Å²) in [5.41, 5.74) is 10.8. The van der Waals surface area contributed by atoms with Crippen molar-refractivity contribution < 1.29 is 0 Å². The number of aryl methyl sites for hydroxylation is 2. The molecule has 2 nitrogen and oxygen atoms in total. The van der Waals surface area contributed by atoms with E-state index in [1.54, 1.807) is 0 Å². The summed E-state index contributed by atoms with van der Waals surface area (Å²) in [6.45, 7) is 6.00. The fraction of sp³-hybridized carbons (Fsp3) is 0.278. The molecule has 0 fully saturated rings. The predicted octanol–water partition coefficient (Wildman–Crippen LogP) is 3.99. The topological polar surface area (TPSA) is 29.3 Å². The molecule has 0 heterocycles. The van der Waals surface area contributed by atoms with Crippen molar-refractivity contribution in [3.63, 3.8) is 0 Å². The number of benzene rings is 2. The standard InChI is InChI=1S/C18H22N2S/c1-14-8-9-15(2)16(12-14)13-20(11-10-18(19)21)17-6-4-3-5-7-17/h3-9,12H,10-11,13H2,1-2H3,(H2,19,21). The first-order valence-corrected chi connectivity index (χ1v) is 7.61. The number of rotatable bonds is 6. The molecular weight excluding hydrogens is 276 g/mol. The van der Waals surface area contributed by atoms with Crippen LogP contribution in [-0.4, -0.2) is 11.5 Å². The van der Waals surface area contributed by atoms with Gasteiger partial charge in [0.1, 0.15) is 0 Å². The van der Waals surface area contributed by atoms with Gasteiger partial charge in [-0.15, -0.1) is 0 Å². The predicted molar refractivity (Wildman–Crippen MR) is 94.8 cm³/mol. The molecular formula is C18H22N2S. The van der Waals surface area contributed by atoms with Crippen LogP contribution >= 0.6 is 12.2 Å². The average molecular weight is 298 g/mol. The number of anilines is 1. The number of nitrogens with two attached hydrogens (primary N) is 1. The van der Waals surface area contributed by atoms with Gasteiger partial charge in [-0.05, 0) is 37.1 Å². The molecule has 0 saturated carbocycles. The maximum Gasteiger partial charge on any atom is 0.0745 e. The van der Waals surface area contributed by atoms with Gasteiger partial charge in [0.25, 0.3) is 0 Å². The lowest BCUT2D eigenvalue weighted by Gasteiger charge is -2.26. The normalized spacial score (nSPS) is 10.4. The highest BCUT2D eigenvalue weighted by molar-refractivity contribution is 7.80. The van der Waals surface area contributed by atoms with E-state index in [9.17, 15) is 0 Å². The highest BCUT2D eigenvalue weighted by atomic mass is 32.1. The van der Waals surface area contributed by atoms with Gasteiger partial charge in [0, 0.05) is 25.2 Å². The van der Waals surface area contributed by atoms with Crippen LogP contribution in [0.2, 0.25) is 0 Å². The molecule has 2 N–H and O–H groups in total. The van der Waals surface area contributed by atoms with Gasteiger partial charge in [-0.3, -0.25) is 0 Å². The van der Waals surface area contributed by atoms with E-state index in [1.165, 1.54) is 22.4 Å². The van der Waals surface area contributed by atoms with Crippen molar-refractivity contribution in [2.24, 2.45) is 5.73 Å². The lowest BCUT2D eigenvalue weighted by Crippen LogP contribution is -2.27. The van der Waals surface area contributed by atoms with Crippen LogP contribution in [0.15, 0.2) is 48.5 Å². The van der Waals surface area contributed by atoms with Crippen molar-refractivity contribution in [3.05, 3.63) is 65.2 Å². The van der Waals surface area contributed by atoms with Gasteiger partial charge in [-0.1, -0.05) is 54.2 Å². The van der Waals surface area contributed by atoms with Crippen LogP contribution in [-0.2, 0) is 6.54 Å². The number of thiocarbonyl (C=S) groups is 1. The zero-order valence-electron chi connectivity index (χ0n) is 12.7. The van der Waals surface area contributed by atoms with Crippen LogP contribution in [0.5, 0.6) is 0 Å². The van der Waals surface area contributed by atoms with E-state index in [-0.39, 0.29) is 0 Å². The first-order chi connectivity index (χ1) is 10.1. The van der Waals surface area contributed by atoms with Crippen molar-refractivity contribution in [1.82, 2.24) is 0 Å². The van der Waals surface area contributed by atoms with E-state index < -0.39 is 0 Å². The molecule has 2 aromatic rings. The van der Waals surface area contributed by atoms with Crippen molar-refractivity contribution in [2.45, 2.75) is 26.8 Å². The fourth-order valence-electron chi connectivity index (χ4n) is 2.36. The summed E-state index contributed by atoms with van der Waals surface area (Å²) >= 11 is 5.03. The van der Waals surface area contributed by atoms with Crippen molar-refractivity contribution >= 4 is 22.9 Å². The third-order valence-electron chi connectivity index (χ3n) is 3.62. The van der Waals surface area contributed by atoms with Crippen LogP contribution in [0.4, 0.5) is 5.69 Å². The molecule has 0 saturated heterocycles. The third kappa shape index (κ3) is 4.57. The molecule has 0 amide bonds. The maximum absolute atomic E-state index is 5.67. The molecule has 21 heavy (non-hydrogen) atoms. The Bertz CT molecular complexity index is 608.